The van der Waals surface area contributed by atoms with Gasteiger partial charge in [0.1, 0.15) is 22.8 Å². The number of aromatic nitrogens is 7. The van der Waals surface area contributed by atoms with Crippen molar-refractivity contribution in [2.75, 3.05) is 11.9 Å². The minimum Gasteiger partial charge on any atom is -0.394 e. The van der Waals surface area contributed by atoms with Gasteiger partial charge in [-0.1, -0.05) is 17.7 Å². The zero-order valence-corrected chi connectivity index (χ0v) is 20.7. The predicted octanol–water partition coefficient (Wildman–Crippen LogP) is 3.54. The highest BCUT2D eigenvalue weighted by molar-refractivity contribution is 6.29. The maximum atomic E-state index is 13.5. The number of nitrogens with zero attached hydrogens (tertiary/aromatic N) is 7. The van der Waals surface area contributed by atoms with E-state index in [1.54, 1.807) is 17.1 Å². The maximum absolute atomic E-state index is 13.5. The van der Waals surface area contributed by atoms with Gasteiger partial charge in [-0.2, -0.15) is 5.10 Å². The Kier molecular flexibility index (Phi) is 5.50. The van der Waals surface area contributed by atoms with E-state index in [0.29, 0.717) is 40.8 Å². The van der Waals surface area contributed by atoms with E-state index in [1.807, 2.05) is 34.5 Å². The molecule has 0 saturated heterocycles. The first-order valence-electron chi connectivity index (χ1n) is 11.9. The van der Waals surface area contributed by atoms with Gasteiger partial charge in [-0.3, -0.25) is 9.36 Å². The highest BCUT2D eigenvalue weighted by Gasteiger charge is 2.23. The van der Waals surface area contributed by atoms with Crippen LogP contribution in [0, 0.1) is 6.92 Å². The molecule has 5 aromatic rings. The van der Waals surface area contributed by atoms with Crippen LogP contribution in [0.3, 0.4) is 0 Å². The standard InChI is InChI=1S/C25H25ClN8O2/c1-14-10-16(21-17(11-14)25(36)33-6-3-7-34-24(33)18(21)12-28-34)15(2)29-19-4-5-20(26)30-22(19)23-27-13-32(31-23)8-9-35/h4-5,10-13,15,29,35H,3,6-9H2,1-2H3. The van der Waals surface area contributed by atoms with Crippen molar-refractivity contribution >= 4 is 39.1 Å². The number of aliphatic hydroxyl groups excluding tert-OH is 1. The van der Waals surface area contributed by atoms with Crippen molar-refractivity contribution in [1.82, 2.24) is 34.1 Å². The van der Waals surface area contributed by atoms with Crippen LogP contribution in [0.4, 0.5) is 5.69 Å². The summed E-state index contributed by atoms with van der Waals surface area (Å²) in [4.78, 5) is 22.3. The van der Waals surface area contributed by atoms with E-state index in [0.717, 1.165) is 40.5 Å². The number of fused-ring (bicyclic) bond motifs is 2. The highest BCUT2D eigenvalue weighted by atomic mass is 35.5. The molecule has 6 rings (SSSR count). The van der Waals surface area contributed by atoms with Crippen LogP contribution in [0.25, 0.3) is 33.3 Å². The Hall–Kier alpha value is -3.76. The van der Waals surface area contributed by atoms with Gasteiger partial charge in [0.2, 0.25) is 5.82 Å². The summed E-state index contributed by atoms with van der Waals surface area (Å²) in [5.74, 6) is 0.406. The lowest BCUT2D eigenvalue weighted by Crippen LogP contribution is -2.27. The number of hydrogen-bond donors (Lipinski definition) is 2. The molecule has 0 saturated carbocycles. The van der Waals surface area contributed by atoms with Gasteiger partial charge in [0.15, 0.2) is 0 Å². The molecule has 1 atom stereocenters. The van der Waals surface area contributed by atoms with E-state index in [2.05, 4.69) is 38.5 Å². The van der Waals surface area contributed by atoms with E-state index < -0.39 is 0 Å². The van der Waals surface area contributed by atoms with Crippen molar-refractivity contribution in [2.24, 2.45) is 0 Å². The van der Waals surface area contributed by atoms with Gasteiger partial charge in [-0.15, -0.1) is 5.10 Å². The van der Waals surface area contributed by atoms with Crippen LogP contribution in [0.1, 0.15) is 30.5 Å². The summed E-state index contributed by atoms with van der Waals surface area (Å²) in [6, 6.07) is 7.47. The molecular weight excluding hydrogens is 480 g/mol. The molecule has 1 unspecified atom stereocenters. The highest BCUT2D eigenvalue weighted by Crippen LogP contribution is 2.35. The Labute approximate surface area is 211 Å². The molecule has 184 valence electrons. The fourth-order valence-electron chi connectivity index (χ4n) is 5.10. The van der Waals surface area contributed by atoms with Crippen LogP contribution < -0.4 is 10.9 Å². The lowest BCUT2D eigenvalue weighted by molar-refractivity contribution is 0.269. The number of nitrogens with one attached hydrogen (secondary N) is 1. The number of anilines is 1. The van der Waals surface area contributed by atoms with Gasteiger partial charge in [-0.25, -0.2) is 19.3 Å². The van der Waals surface area contributed by atoms with Crippen LogP contribution in [0.15, 0.2) is 41.6 Å². The molecule has 36 heavy (non-hydrogen) atoms. The van der Waals surface area contributed by atoms with Crippen molar-refractivity contribution < 1.29 is 5.11 Å². The lowest BCUT2D eigenvalue weighted by atomic mass is 9.95. The van der Waals surface area contributed by atoms with Crippen LogP contribution >= 0.6 is 11.6 Å². The largest absolute Gasteiger partial charge is 0.394 e. The molecule has 10 nitrogen and oxygen atoms in total. The van der Waals surface area contributed by atoms with E-state index in [4.69, 9.17) is 11.6 Å². The van der Waals surface area contributed by atoms with E-state index >= 15 is 0 Å². The predicted molar refractivity (Wildman–Crippen MR) is 138 cm³/mol. The molecule has 0 radical (unpaired) electrons. The number of rotatable bonds is 6. The normalized spacial score (nSPS) is 14.0. The van der Waals surface area contributed by atoms with E-state index in [9.17, 15) is 9.90 Å². The van der Waals surface area contributed by atoms with E-state index in [-0.39, 0.29) is 18.2 Å². The second-order valence-electron chi connectivity index (χ2n) is 9.14. The minimum atomic E-state index is -0.182. The quantitative estimate of drug-likeness (QED) is 0.340. The average molecular weight is 505 g/mol. The van der Waals surface area contributed by atoms with Crippen molar-refractivity contribution in [2.45, 2.75) is 45.9 Å². The molecule has 5 heterocycles. The number of aryl methyl sites for hydroxylation is 3. The molecule has 0 fully saturated rings. The molecule has 4 aromatic heterocycles. The molecule has 1 aliphatic heterocycles. The van der Waals surface area contributed by atoms with Crippen LogP contribution in [-0.2, 0) is 19.6 Å². The topological polar surface area (TPSA) is 116 Å². The lowest BCUT2D eigenvalue weighted by Gasteiger charge is -2.22. The fraction of sp³-hybridized carbons (Fsp3) is 0.320. The first kappa shape index (κ1) is 22.7. The molecule has 1 aromatic carbocycles. The summed E-state index contributed by atoms with van der Waals surface area (Å²) in [5.41, 5.74) is 4.13. The Bertz CT molecular complexity index is 1690. The smallest absolute Gasteiger partial charge is 0.260 e. The zero-order chi connectivity index (χ0) is 25.0. The van der Waals surface area contributed by atoms with Gasteiger partial charge < -0.3 is 10.4 Å². The van der Waals surface area contributed by atoms with Crippen molar-refractivity contribution in [1.29, 1.82) is 0 Å². The third-order valence-electron chi connectivity index (χ3n) is 6.65. The van der Waals surface area contributed by atoms with Crippen LogP contribution in [0.5, 0.6) is 0 Å². The van der Waals surface area contributed by atoms with Crippen molar-refractivity contribution in [3.05, 3.63) is 63.4 Å². The molecule has 11 heteroatoms. The number of hydrogen-bond acceptors (Lipinski definition) is 7. The van der Waals surface area contributed by atoms with Gasteiger partial charge in [0, 0.05) is 35.3 Å². The zero-order valence-electron chi connectivity index (χ0n) is 19.9. The van der Waals surface area contributed by atoms with Gasteiger partial charge in [0.25, 0.3) is 5.56 Å². The molecule has 0 bridgehead atoms. The Morgan fingerprint density at radius 1 is 1.22 bits per heavy atom. The summed E-state index contributed by atoms with van der Waals surface area (Å²) in [6.07, 6.45) is 4.32. The summed E-state index contributed by atoms with van der Waals surface area (Å²) in [5, 5.41) is 24.7. The molecule has 0 aliphatic carbocycles. The van der Waals surface area contributed by atoms with Crippen molar-refractivity contribution in [3.8, 4) is 11.5 Å². The molecule has 1 aliphatic rings. The minimum absolute atomic E-state index is 0.0172. The third kappa shape index (κ3) is 3.64. The number of halogens is 1. The van der Waals surface area contributed by atoms with Gasteiger partial charge >= 0.3 is 0 Å². The fourth-order valence-corrected chi connectivity index (χ4v) is 5.25. The molecule has 0 amide bonds. The van der Waals surface area contributed by atoms with Gasteiger partial charge in [-0.05, 0) is 49.6 Å². The van der Waals surface area contributed by atoms with Crippen molar-refractivity contribution in [3.63, 3.8) is 0 Å². The van der Waals surface area contributed by atoms with Gasteiger partial charge in [0.05, 0.1) is 25.0 Å². The third-order valence-corrected chi connectivity index (χ3v) is 6.86. The SMILES string of the molecule is Cc1cc(C(C)Nc2ccc(Cl)nc2-c2ncn(CCO)n2)c2c(c1)c(=O)n1c3c2cnn3CCC1. The van der Waals surface area contributed by atoms with Crippen LogP contribution in [0.2, 0.25) is 5.15 Å². The first-order valence-corrected chi connectivity index (χ1v) is 12.3. The number of pyridine rings is 2. The first-order chi connectivity index (χ1) is 17.4. The summed E-state index contributed by atoms with van der Waals surface area (Å²) < 4.78 is 5.34. The Morgan fingerprint density at radius 2 is 2.08 bits per heavy atom. The van der Waals surface area contributed by atoms with Crippen LogP contribution in [-0.4, -0.2) is 45.8 Å². The number of aliphatic hydroxyl groups is 1. The summed E-state index contributed by atoms with van der Waals surface area (Å²) >= 11 is 6.22. The second kappa shape index (κ2) is 8.72. The maximum Gasteiger partial charge on any atom is 0.260 e. The second-order valence-corrected chi connectivity index (χ2v) is 9.53. The van der Waals surface area contributed by atoms with E-state index in [1.165, 1.54) is 0 Å². The Balaban J connectivity index is 1.48. The summed E-state index contributed by atoms with van der Waals surface area (Å²) in [7, 11) is 0. The average Bonchev–Trinajstić information content (AvgIpc) is 3.51. The molecule has 2 N–H and O–H groups in total. The summed E-state index contributed by atoms with van der Waals surface area (Å²) in [6.45, 7) is 5.86. The Morgan fingerprint density at radius 3 is 2.92 bits per heavy atom. The molecular formula is C25H25ClN8O2. The molecule has 0 spiro atoms. The monoisotopic (exact) mass is 504 g/mol. The number of benzene rings is 1.